The molecule has 15 heteroatoms. The van der Waals surface area contributed by atoms with E-state index in [0.29, 0.717) is 83.8 Å². The van der Waals surface area contributed by atoms with Crippen LogP contribution in [-0.4, -0.2) is 102 Å². The van der Waals surface area contributed by atoms with Gasteiger partial charge >= 0.3 is 5.97 Å². The minimum absolute atomic E-state index is 0.00165. The number of aliphatic hydroxyl groups excluding tert-OH is 1. The zero-order valence-corrected chi connectivity index (χ0v) is 29.0. The first-order valence-corrected chi connectivity index (χ1v) is 16.8. The molecular weight excluding hydrogens is 672 g/mol. The third kappa shape index (κ3) is 16.0. The molecule has 0 unspecified atom stereocenters. The Hall–Kier alpha value is -4.18. The molecule has 14 nitrogen and oxygen atoms in total. The van der Waals surface area contributed by atoms with E-state index in [-0.39, 0.29) is 36.3 Å². The summed E-state index contributed by atoms with van der Waals surface area (Å²) in [5, 5.41) is 28.0. The SMILES string of the molecule is CCN(CCOc1ccc(CCC(=O)OCCOCCOCCOCCOCCO)cc1)c1ccc(N=Nc2ccc([N+](=O)[O-])cc2Cl)cc1. The molecular formula is C35H45ClN4O10. The number of azo groups is 1. The summed E-state index contributed by atoms with van der Waals surface area (Å²) in [4.78, 5) is 24.6. The quantitative estimate of drug-likeness (QED) is 0.0335. The molecule has 1 N–H and O–H groups in total. The number of ether oxygens (including phenoxy) is 6. The summed E-state index contributed by atoms with van der Waals surface area (Å²) < 4.78 is 32.4. The predicted octanol–water partition coefficient (Wildman–Crippen LogP) is 6.10. The number of esters is 1. The van der Waals surface area contributed by atoms with Gasteiger partial charge < -0.3 is 38.4 Å². The molecule has 3 aromatic rings. The highest BCUT2D eigenvalue weighted by Gasteiger charge is 2.10. The molecule has 0 aliphatic rings. The Balaban J connectivity index is 1.25. The van der Waals surface area contributed by atoms with Gasteiger partial charge in [0.2, 0.25) is 0 Å². The van der Waals surface area contributed by atoms with Crippen molar-refractivity contribution >= 4 is 40.3 Å². The van der Waals surface area contributed by atoms with Gasteiger partial charge in [-0.2, -0.15) is 5.11 Å². The first-order chi connectivity index (χ1) is 24.4. The van der Waals surface area contributed by atoms with Gasteiger partial charge in [-0.1, -0.05) is 23.7 Å². The van der Waals surface area contributed by atoms with Crippen molar-refractivity contribution in [2.24, 2.45) is 10.2 Å². The van der Waals surface area contributed by atoms with Gasteiger partial charge in [0, 0.05) is 30.8 Å². The number of nitro benzene ring substituents is 1. The number of carbonyl (C=O) groups excluding carboxylic acids is 1. The van der Waals surface area contributed by atoms with Gasteiger partial charge in [-0.3, -0.25) is 14.9 Å². The molecule has 0 amide bonds. The maximum Gasteiger partial charge on any atom is 0.306 e. The van der Waals surface area contributed by atoms with E-state index in [1.807, 2.05) is 48.5 Å². The third-order valence-corrected chi connectivity index (χ3v) is 7.33. The molecule has 50 heavy (non-hydrogen) atoms. The average Bonchev–Trinajstić information content (AvgIpc) is 3.13. The minimum atomic E-state index is -0.516. The Morgan fingerprint density at radius 3 is 2.02 bits per heavy atom. The number of aliphatic hydroxyl groups is 1. The molecule has 0 fully saturated rings. The molecule has 0 saturated heterocycles. The molecule has 0 bridgehead atoms. The summed E-state index contributed by atoms with van der Waals surface area (Å²) in [6.07, 6.45) is 0.828. The average molecular weight is 717 g/mol. The van der Waals surface area contributed by atoms with E-state index in [9.17, 15) is 14.9 Å². The van der Waals surface area contributed by atoms with Crippen LogP contribution >= 0.6 is 11.6 Å². The number of non-ortho nitro benzene ring substituents is 1. The maximum atomic E-state index is 12.1. The smallest absolute Gasteiger partial charge is 0.306 e. The first-order valence-electron chi connectivity index (χ1n) is 16.4. The Kier molecular flexibility index (Phi) is 19.4. The van der Waals surface area contributed by atoms with Gasteiger partial charge in [0.25, 0.3) is 5.69 Å². The molecule has 0 saturated carbocycles. The minimum Gasteiger partial charge on any atom is -0.492 e. The van der Waals surface area contributed by atoms with Crippen molar-refractivity contribution in [1.29, 1.82) is 0 Å². The van der Waals surface area contributed by atoms with Crippen molar-refractivity contribution in [1.82, 2.24) is 0 Å². The predicted molar refractivity (Wildman–Crippen MR) is 188 cm³/mol. The number of nitro groups is 1. The lowest BCUT2D eigenvalue weighted by atomic mass is 10.1. The van der Waals surface area contributed by atoms with Gasteiger partial charge in [-0.25, -0.2) is 0 Å². The van der Waals surface area contributed by atoms with Crippen LogP contribution < -0.4 is 9.64 Å². The fourth-order valence-electron chi connectivity index (χ4n) is 4.39. The lowest BCUT2D eigenvalue weighted by molar-refractivity contribution is -0.384. The maximum absolute atomic E-state index is 12.1. The highest BCUT2D eigenvalue weighted by Crippen LogP contribution is 2.30. The number of aryl methyl sites for hydroxylation is 1. The van der Waals surface area contributed by atoms with Crippen LogP contribution in [0, 0.1) is 10.1 Å². The van der Waals surface area contributed by atoms with E-state index in [1.165, 1.54) is 18.2 Å². The van der Waals surface area contributed by atoms with E-state index in [0.717, 1.165) is 23.5 Å². The highest BCUT2D eigenvalue weighted by atomic mass is 35.5. The zero-order chi connectivity index (χ0) is 35.8. The number of nitrogens with zero attached hydrogens (tertiary/aromatic N) is 4. The number of carbonyl (C=O) groups is 1. The standard InChI is InChI=1S/C35H45ClN4O10/c1-2-39(30-8-6-29(7-9-30)37-38-34-13-10-31(40(43)44)27-33(34)36)15-17-49-32-11-3-28(4-12-32)5-14-35(42)50-26-25-48-24-23-47-22-21-46-20-19-45-18-16-41/h3-4,6-13,27,41H,2,5,14-26H2,1H3. The van der Waals surface area contributed by atoms with Gasteiger partial charge in [-0.15, -0.1) is 5.11 Å². The molecule has 0 aliphatic heterocycles. The molecule has 0 spiro atoms. The van der Waals surface area contributed by atoms with Gasteiger partial charge in [0.1, 0.15) is 24.7 Å². The Morgan fingerprint density at radius 1 is 0.820 bits per heavy atom. The van der Waals surface area contributed by atoms with Gasteiger partial charge in [0.05, 0.1) is 81.6 Å². The number of anilines is 1. The van der Waals surface area contributed by atoms with E-state index in [1.54, 1.807) is 0 Å². The number of hydrogen-bond donors (Lipinski definition) is 1. The fraction of sp³-hybridized carbons (Fsp3) is 0.457. The molecule has 0 aliphatic carbocycles. The van der Waals surface area contributed by atoms with Crippen molar-refractivity contribution in [2.75, 3.05) is 90.7 Å². The van der Waals surface area contributed by atoms with E-state index >= 15 is 0 Å². The Labute approximate surface area is 297 Å². The normalized spacial score (nSPS) is 11.2. The summed E-state index contributed by atoms with van der Waals surface area (Å²) in [5.41, 5.74) is 2.87. The van der Waals surface area contributed by atoms with Crippen molar-refractivity contribution < 1.29 is 43.2 Å². The lowest BCUT2D eigenvalue weighted by Gasteiger charge is -2.23. The Bertz CT molecular complexity index is 1440. The first kappa shape index (κ1) is 40.3. The van der Waals surface area contributed by atoms with Crippen molar-refractivity contribution in [3.8, 4) is 5.75 Å². The molecule has 0 atom stereocenters. The van der Waals surface area contributed by atoms with Crippen LogP contribution in [0.15, 0.2) is 77.0 Å². The monoisotopic (exact) mass is 716 g/mol. The molecule has 0 heterocycles. The summed E-state index contributed by atoms with van der Waals surface area (Å²) in [6, 6.07) is 19.3. The largest absolute Gasteiger partial charge is 0.492 e. The van der Waals surface area contributed by atoms with Crippen molar-refractivity contribution in [3.05, 3.63) is 87.4 Å². The summed E-state index contributed by atoms with van der Waals surface area (Å²) in [7, 11) is 0. The van der Waals surface area contributed by atoms with Gasteiger partial charge in [-0.05, 0) is 61.4 Å². The van der Waals surface area contributed by atoms with Crippen molar-refractivity contribution in [2.45, 2.75) is 19.8 Å². The van der Waals surface area contributed by atoms with Crippen LogP contribution in [0.2, 0.25) is 5.02 Å². The van der Waals surface area contributed by atoms with E-state index in [2.05, 4.69) is 22.1 Å². The third-order valence-electron chi connectivity index (χ3n) is 7.03. The highest BCUT2D eigenvalue weighted by molar-refractivity contribution is 6.33. The second-order valence-electron chi connectivity index (χ2n) is 10.6. The number of benzene rings is 3. The molecule has 3 rings (SSSR count). The van der Waals surface area contributed by atoms with Crippen LogP contribution in [-0.2, 0) is 34.9 Å². The molecule has 0 aromatic heterocycles. The summed E-state index contributed by atoms with van der Waals surface area (Å²) in [5.74, 6) is 0.459. The van der Waals surface area contributed by atoms with Crippen LogP contribution in [0.5, 0.6) is 5.75 Å². The number of halogens is 1. The van der Waals surface area contributed by atoms with Crippen LogP contribution in [0.3, 0.4) is 0 Å². The van der Waals surface area contributed by atoms with Crippen LogP contribution in [0.1, 0.15) is 18.9 Å². The number of hydrogen-bond acceptors (Lipinski definition) is 13. The molecule has 3 aromatic carbocycles. The number of likely N-dealkylation sites (N-methyl/N-ethyl adjacent to an activating group) is 1. The lowest BCUT2D eigenvalue weighted by Crippen LogP contribution is -2.27. The topological polar surface area (TPSA) is 164 Å². The van der Waals surface area contributed by atoms with Crippen LogP contribution in [0.4, 0.5) is 22.7 Å². The zero-order valence-electron chi connectivity index (χ0n) is 28.2. The van der Waals surface area contributed by atoms with Crippen molar-refractivity contribution in [3.63, 3.8) is 0 Å². The van der Waals surface area contributed by atoms with Crippen LogP contribution in [0.25, 0.3) is 0 Å². The molecule has 0 radical (unpaired) electrons. The molecule has 272 valence electrons. The van der Waals surface area contributed by atoms with E-state index in [4.69, 9.17) is 45.1 Å². The fourth-order valence-corrected chi connectivity index (χ4v) is 4.60. The summed E-state index contributed by atoms with van der Waals surface area (Å²) >= 11 is 6.09. The summed E-state index contributed by atoms with van der Waals surface area (Å²) in [6.45, 7) is 7.39. The van der Waals surface area contributed by atoms with E-state index < -0.39 is 4.92 Å². The Morgan fingerprint density at radius 2 is 1.44 bits per heavy atom. The van der Waals surface area contributed by atoms with Gasteiger partial charge in [0.15, 0.2) is 0 Å². The second kappa shape index (κ2) is 24.1. The number of rotatable bonds is 26. The second-order valence-corrected chi connectivity index (χ2v) is 11.0.